The van der Waals surface area contributed by atoms with Crippen molar-refractivity contribution in [3.05, 3.63) is 82.2 Å². The Labute approximate surface area is 156 Å². The van der Waals surface area contributed by atoms with E-state index in [0.29, 0.717) is 5.92 Å². The molecule has 1 heteroatoms. The van der Waals surface area contributed by atoms with Gasteiger partial charge in [0.15, 0.2) is 0 Å². The van der Waals surface area contributed by atoms with Gasteiger partial charge in [-0.25, -0.2) is 0 Å². The number of fused-ring (bicyclic) bond motifs is 3. The van der Waals surface area contributed by atoms with Crippen molar-refractivity contribution in [2.75, 3.05) is 0 Å². The van der Waals surface area contributed by atoms with Crippen molar-refractivity contribution in [1.29, 1.82) is 0 Å². The summed E-state index contributed by atoms with van der Waals surface area (Å²) < 4.78 is 6.34. The highest BCUT2D eigenvalue weighted by atomic mass is 16.5. The van der Waals surface area contributed by atoms with Gasteiger partial charge in [-0.1, -0.05) is 50.3 Å². The number of hydrogen-bond donors (Lipinski definition) is 0. The maximum atomic E-state index is 6.34. The molecule has 0 heterocycles. The monoisotopic (exact) mass is 342 g/mol. The highest BCUT2D eigenvalue weighted by Gasteiger charge is 2.44. The Morgan fingerprint density at radius 1 is 1.08 bits per heavy atom. The molecule has 0 bridgehead atoms. The normalized spacial score (nSPS) is 25.2. The molecular weight excluding hydrogens is 316 g/mol. The summed E-state index contributed by atoms with van der Waals surface area (Å²) in [4.78, 5) is 0. The molecular formula is C25H26O. The molecule has 1 aromatic carbocycles. The molecule has 0 amide bonds. The molecule has 0 saturated carbocycles. The van der Waals surface area contributed by atoms with Crippen molar-refractivity contribution in [3.63, 3.8) is 0 Å². The van der Waals surface area contributed by atoms with Crippen LogP contribution in [0.1, 0.15) is 50.7 Å². The van der Waals surface area contributed by atoms with E-state index in [1.165, 1.54) is 16.7 Å². The highest BCUT2D eigenvalue weighted by molar-refractivity contribution is 5.59. The van der Waals surface area contributed by atoms with Gasteiger partial charge in [0.2, 0.25) is 0 Å². The van der Waals surface area contributed by atoms with Crippen molar-refractivity contribution >= 4 is 6.08 Å². The molecule has 4 aliphatic rings. The molecule has 132 valence electrons. The molecule has 26 heavy (non-hydrogen) atoms. The van der Waals surface area contributed by atoms with Gasteiger partial charge in [0.25, 0.3) is 0 Å². The Morgan fingerprint density at radius 2 is 2.00 bits per heavy atom. The van der Waals surface area contributed by atoms with E-state index in [9.17, 15) is 0 Å². The van der Waals surface area contributed by atoms with Gasteiger partial charge in [-0.3, -0.25) is 0 Å². The maximum Gasteiger partial charge on any atom is 0.127 e. The summed E-state index contributed by atoms with van der Waals surface area (Å²) in [6, 6.07) is 6.54. The molecule has 0 aliphatic heterocycles. The van der Waals surface area contributed by atoms with E-state index < -0.39 is 0 Å². The van der Waals surface area contributed by atoms with E-state index in [4.69, 9.17) is 4.74 Å². The van der Waals surface area contributed by atoms with Crippen molar-refractivity contribution in [3.8, 4) is 5.75 Å². The average molecular weight is 342 g/mol. The fourth-order valence-corrected chi connectivity index (χ4v) is 5.10. The fourth-order valence-electron chi connectivity index (χ4n) is 5.10. The number of ether oxygens (including phenoxy) is 1. The van der Waals surface area contributed by atoms with Gasteiger partial charge >= 0.3 is 0 Å². The van der Waals surface area contributed by atoms with Crippen LogP contribution in [0.15, 0.2) is 71.1 Å². The first-order valence-corrected chi connectivity index (χ1v) is 9.91. The highest BCUT2D eigenvalue weighted by Crippen LogP contribution is 2.56. The summed E-state index contributed by atoms with van der Waals surface area (Å²) in [6.45, 7) is 4.80. The molecule has 4 aliphatic carbocycles. The molecule has 0 fully saturated rings. The number of benzene rings is 1. The van der Waals surface area contributed by atoms with E-state index in [1.54, 1.807) is 11.1 Å². The number of hydrogen-bond acceptors (Lipinski definition) is 1. The van der Waals surface area contributed by atoms with Crippen LogP contribution >= 0.6 is 0 Å². The zero-order chi connectivity index (χ0) is 17.7. The standard InChI is InChI=1S/C25H26O/c1-25(2)23-10-6-5-9-21(23)22-14-13-20(16-24(22)25)26-19-12-11-17-7-3-4-8-18(17)15-19/h3,5-7,9,11-12,15-16,23H,4,8,10,13-14H2,1-2H3. The van der Waals surface area contributed by atoms with Gasteiger partial charge in [0, 0.05) is 6.42 Å². The summed E-state index contributed by atoms with van der Waals surface area (Å²) in [5.41, 5.74) is 7.59. The lowest BCUT2D eigenvalue weighted by molar-refractivity contribution is 0.332. The second-order valence-electron chi connectivity index (χ2n) is 8.47. The summed E-state index contributed by atoms with van der Waals surface area (Å²) in [7, 11) is 0. The van der Waals surface area contributed by atoms with Crippen molar-refractivity contribution in [2.45, 2.75) is 46.0 Å². The Bertz CT molecular complexity index is 917. The van der Waals surface area contributed by atoms with Crippen molar-refractivity contribution in [1.82, 2.24) is 0 Å². The summed E-state index contributed by atoms with van der Waals surface area (Å²) in [5.74, 6) is 2.74. The smallest absolute Gasteiger partial charge is 0.127 e. The lowest BCUT2D eigenvalue weighted by Gasteiger charge is -2.31. The lowest BCUT2D eigenvalue weighted by atomic mass is 9.73. The van der Waals surface area contributed by atoms with Crippen LogP contribution in [0, 0.1) is 11.3 Å². The lowest BCUT2D eigenvalue weighted by Crippen LogP contribution is -2.22. The number of rotatable bonds is 2. The van der Waals surface area contributed by atoms with Crippen LogP contribution in [0.5, 0.6) is 5.75 Å². The van der Waals surface area contributed by atoms with Crippen molar-refractivity contribution in [2.24, 2.45) is 11.3 Å². The van der Waals surface area contributed by atoms with Crippen LogP contribution in [0.3, 0.4) is 0 Å². The first-order chi connectivity index (χ1) is 12.6. The topological polar surface area (TPSA) is 9.23 Å². The molecule has 5 rings (SSSR count). The molecule has 1 unspecified atom stereocenters. The van der Waals surface area contributed by atoms with Gasteiger partial charge in [-0.15, -0.1) is 0 Å². The van der Waals surface area contributed by atoms with Gasteiger partial charge in [-0.05, 0) is 83.1 Å². The predicted octanol–water partition coefficient (Wildman–Crippen LogP) is 6.54. The van der Waals surface area contributed by atoms with Crippen molar-refractivity contribution < 1.29 is 4.74 Å². The third kappa shape index (κ3) is 2.45. The minimum absolute atomic E-state index is 0.196. The number of allylic oxidation sites excluding steroid dienone is 9. The third-order valence-electron chi connectivity index (χ3n) is 6.57. The summed E-state index contributed by atoms with van der Waals surface area (Å²) in [5, 5.41) is 0. The Morgan fingerprint density at radius 3 is 2.92 bits per heavy atom. The largest absolute Gasteiger partial charge is 0.462 e. The molecule has 0 spiro atoms. The average Bonchev–Trinajstić information content (AvgIpc) is 2.89. The summed E-state index contributed by atoms with van der Waals surface area (Å²) >= 11 is 0. The fraction of sp³-hybridized carbons (Fsp3) is 0.360. The molecule has 1 atom stereocenters. The van der Waals surface area contributed by atoms with Crippen LogP contribution in [-0.4, -0.2) is 0 Å². The first kappa shape index (κ1) is 15.9. The number of aryl methyl sites for hydroxylation is 1. The van der Waals surface area contributed by atoms with Gasteiger partial charge < -0.3 is 4.74 Å². The second-order valence-corrected chi connectivity index (χ2v) is 8.47. The van der Waals surface area contributed by atoms with E-state index in [2.05, 4.69) is 68.5 Å². The van der Waals surface area contributed by atoms with Crippen LogP contribution < -0.4 is 4.74 Å². The predicted molar refractivity (Wildman–Crippen MR) is 108 cm³/mol. The zero-order valence-electron chi connectivity index (χ0n) is 15.7. The van der Waals surface area contributed by atoms with E-state index in [1.807, 2.05) is 0 Å². The van der Waals surface area contributed by atoms with Gasteiger partial charge in [0.05, 0.1) is 0 Å². The first-order valence-electron chi connectivity index (χ1n) is 9.91. The molecule has 0 N–H and O–H groups in total. The third-order valence-corrected chi connectivity index (χ3v) is 6.57. The molecule has 1 aromatic rings. The molecule has 0 saturated heterocycles. The Balaban J connectivity index is 1.45. The van der Waals surface area contributed by atoms with E-state index in [-0.39, 0.29) is 5.41 Å². The minimum Gasteiger partial charge on any atom is -0.462 e. The van der Waals surface area contributed by atoms with Crippen LogP contribution in [0.4, 0.5) is 0 Å². The SMILES string of the molecule is CC1(C)C2=C(CCC(Oc3ccc4c(c3)CCC=C4)=C2)C2=CC=CCC21. The van der Waals surface area contributed by atoms with Gasteiger partial charge in [-0.2, -0.15) is 0 Å². The minimum atomic E-state index is 0.196. The van der Waals surface area contributed by atoms with Crippen LogP contribution in [0.25, 0.3) is 6.08 Å². The van der Waals surface area contributed by atoms with Crippen LogP contribution in [-0.2, 0) is 6.42 Å². The van der Waals surface area contributed by atoms with Crippen LogP contribution in [0.2, 0.25) is 0 Å². The Hall–Kier alpha value is -2.28. The molecule has 0 radical (unpaired) electrons. The quantitative estimate of drug-likeness (QED) is 0.593. The van der Waals surface area contributed by atoms with E-state index in [0.717, 1.165) is 43.6 Å². The maximum absolute atomic E-state index is 6.34. The zero-order valence-corrected chi connectivity index (χ0v) is 15.7. The Kier molecular flexibility index (Phi) is 3.60. The molecule has 1 nitrogen and oxygen atoms in total. The second kappa shape index (κ2) is 5.87. The summed E-state index contributed by atoms with van der Waals surface area (Å²) in [6.07, 6.45) is 19.2. The van der Waals surface area contributed by atoms with E-state index >= 15 is 0 Å². The van der Waals surface area contributed by atoms with Gasteiger partial charge in [0.1, 0.15) is 11.5 Å². The molecule has 0 aromatic heterocycles.